The summed E-state index contributed by atoms with van der Waals surface area (Å²) in [6.45, 7) is 2.87. The summed E-state index contributed by atoms with van der Waals surface area (Å²) in [6, 6.07) is 8.40. The molecule has 164 valence electrons. The maximum absolute atomic E-state index is 12.0. The number of ether oxygens (including phenoxy) is 2. The summed E-state index contributed by atoms with van der Waals surface area (Å²) in [6.07, 6.45) is 6.39. The second kappa shape index (κ2) is 8.85. The number of nitrogens with one attached hydrogen (secondary N) is 1. The second-order valence-electron chi connectivity index (χ2n) is 9.91. The minimum atomic E-state index is -3.26. The number of piperidine rings is 1. The van der Waals surface area contributed by atoms with Gasteiger partial charge in [-0.05, 0) is 56.2 Å². The van der Waals surface area contributed by atoms with Gasteiger partial charge >= 0.3 is 0 Å². The number of rotatable bonds is 2. The summed E-state index contributed by atoms with van der Waals surface area (Å²) in [7, 11) is 1.41. The van der Waals surface area contributed by atoms with Crippen LogP contribution in [0, 0.1) is 0 Å². The van der Waals surface area contributed by atoms with Crippen molar-refractivity contribution in [1.82, 2.24) is 9.62 Å². The van der Waals surface area contributed by atoms with E-state index in [0.29, 0.717) is 19.1 Å². The molecule has 0 spiro atoms. The molecule has 0 aromatic heterocycles. The van der Waals surface area contributed by atoms with Gasteiger partial charge < -0.3 is 9.47 Å². The predicted molar refractivity (Wildman–Crippen MR) is 124 cm³/mol. The van der Waals surface area contributed by atoms with Crippen LogP contribution in [-0.2, 0) is 14.8 Å². The van der Waals surface area contributed by atoms with Gasteiger partial charge in [0, 0.05) is 18.6 Å². The van der Waals surface area contributed by atoms with Crippen LogP contribution in [0.4, 0.5) is 0 Å². The molecule has 3 heterocycles. The standard InChI is InChI=1S/C21H34B2N2O4S/c1-30(26,27)24-18-6-4-10-25-11-12-28-20-7-3-2-5-16(20)17-9-8-15(13-21(17,22)23)29-14-19(18)25/h2-3,5,7,15,17-19,24H,4,6,8-14,22-23H2,1H3/t15-,17-,18+,19+/m1/s1. The molecule has 4 aliphatic rings. The van der Waals surface area contributed by atoms with Gasteiger partial charge in [0.1, 0.15) is 28.0 Å². The molecule has 1 N–H and O–H groups in total. The monoisotopic (exact) mass is 432 g/mol. The maximum atomic E-state index is 12.0. The molecule has 2 fully saturated rings. The van der Waals surface area contributed by atoms with Gasteiger partial charge in [-0.25, -0.2) is 13.1 Å². The van der Waals surface area contributed by atoms with Crippen molar-refractivity contribution < 1.29 is 17.9 Å². The second-order valence-corrected chi connectivity index (χ2v) is 11.7. The Morgan fingerprint density at radius 3 is 2.73 bits per heavy atom. The SMILES string of the molecule is BC1(B)C[C@H]2CC[C@@H]1c1ccccc1OCCN1CCC[C@H](NS(C)(=O)=O)[C@@H]1CO2. The number of fused-ring (bicyclic) bond motifs is 5. The van der Waals surface area contributed by atoms with E-state index in [1.54, 1.807) is 0 Å². The third-order valence-corrected chi connectivity index (χ3v) is 7.90. The zero-order valence-electron chi connectivity index (χ0n) is 18.5. The number of sulfonamides is 1. The number of nitrogens with zero attached hydrogens (tertiary/aromatic N) is 1. The van der Waals surface area contributed by atoms with Crippen molar-refractivity contribution in [3.63, 3.8) is 0 Å². The highest BCUT2D eigenvalue weighted by molar-refractivity contribution is 7.88. The van der Waals surface area contributed by atoms with Crippen LogP contribution in [0.2, 0.25) is 5.21 Å². The molecule has 3 aliphatic heterocycles. The molecular weight excluding hydrogens is 398 g/mol. The minimum absolute atomic E-state index is 0.0360. The van der Waals surface area contributed by atoms with E-state index in [-0.39, 0.29) is 23.4 Å². The van der Waals surface area contributed by atoms with Crippen LogP contribution in [-0.4, -0.2) is 79.8 Å². The highest BCUT2D eigenvalue weighted by Gasteiger charge is 2.40. The molecule has 9 heteroatoms. The van der Waals surface area contributed by atoms with Gasteiger partial charge in [0.25, 0.3) is 0 Å². The number of para-hydroxylation sites is 1. The Balaban J connectivity index is 1.62. The summed E-state index contributed by atoms with van der Waals surface area (Å²) >= 11 is 0. The predicted octanol–water partition coefficient (Wildman–Crippen LogP) is 0.496. The molecule has 30 heavy (non-hydrogen) atoms. The van der Waals surface area contributed by atoms with Crippen molar-refractivity contribution in [2.24, 2.45) is 0 Å². The Bertz CT molecular complexity index is 851. The van der Waals surface area contributed by atoms with Gasteiger partial charge in [-0.2, -0.15) is 0 Å². The first-order valence-electron chi connectivity index (χ1n) is 11.3. The molecule has 4 atom stereocenters. The fourth-order valence-electron chi connectivity index (χ4n) is 5.74. The van der Waals surface area contributed by atoms with Gasteiger partial charge in [0.15, 0.2) is 0 Å². The van der Waals surface area contributed by atoms with E-state index in [1.165, 1.54) is 11.8 Å². The first-order chi connectivity index (χ1) is 14.2. The van der Waals surface area contributed by atoms with Gasteiger partial charge in [-0.3, -0.25) is 4.90 Å². The number of hydrogen-bond acceptors (Lipinski definition) is 5. The maximum Gasteiger partial charge on any atom is 0.209 e. The van der Waals surface area contributed by atoms with E-state index >= 15 is 0 Å². The van der Waals surface area contributed by atoms with Crippen LogP contribution in [0.5, 0.6) is 5.75 Å². The Hall–Kier alpha value is -1.02. The molecule has 0 amide bonds. The lowest BCUT2D eigenvalue weighted by Gasteiger charge is -2.44. The Morgan fingerprint density at radius 1 is 1.17 bits per heavy atom. The largest absolute Gasteiger partial charge is 0.492 e. The van der Waals surface area contributed by atoms with Gasteiger partial charge in [0.05, 0.1) is 19.0 Å². The zero-order valence-corrected chi connectivity index (χ0v) is 19.3. The molecular formula is C21H34B2N2O4S. The van der Waals surface area contributed by atoms with Crippen LogP contribution in [0.3, 0.4) is 0 Å². The average molecular weight is 432 g/mol. The molecule has 0 radical (unpaired) electrons. The molecule has 5 rings (SSSR count). The van der Waals surface area contributed by atoms with Crippen molar-refractivity contribution in [3.8, 4) is 5.75 Å². The zero-order chi connectivity index (χ0) is 21.4. The van der Waals surface area contributed by atoms with E-state index in [9.17, 15) is 8.42 Å². The van der Waals surface area contributed by atoms with Gasteiger partial charge in [-0.15, -0.1) is 0 Å². The third kappa shape index (κ3) is 5.06. The van der Waals surface area contributed by atoms with E-state index < -0.39 is 10.0 Å². The number of hydrogen-bond donors (Lipinski definition) is 1. The average Bonchev–Trinajstić information content (AvgIpc) is 2.67. The lowest BCUT2D eigenvalue weighted by molar-refractivity contribution is -0.0303. The van der Waals surface area contributed by atoms with Crippen molar-refractivity contribution in [3.05, 3.63) is 29.8 Å². The van der Waals surface area contributed by atoms with Crippen molar-refractivity contribution in [2.75, 3.05) is 32.6 Å². The Kier molecular flexibility index (Phi) is 6.54. The highest BCUT2D eigenvalue weighted by atomic mass is 32.2. The minimum Gasteiger partial charge on any atom is -0.492 e. The molecule has 1 aromatic carbocycles. The van der Waals surface area contributed by atoms with Crippen molar-refractivity contribution >= 4 is 25.7 Å². The van der Waals surface area contributed by atoms with Crippen molar-refractivity contribution in [1.29, 1.82) is 0 Å². The fourth-order valence-corrected chi connectivity index (χ4v) is 6.56. The molecule has 1 saturated heterocycles. The van der Waals surface area contributed by atoms with Gasteiger partial charge in [-0.1, -0.05) is 23.4 Å². The normalized spacial score (nSPS) is 32.6. The van der Waals surface area contributed by atoms with Crippen LogP contribution in [0.1, 0.15) is 43.6 Å². The highest BCUT2D eigenvalue weighted by Crippen LogP contribution is 2.51. The first-order valence-corrected chi connectivity index (χ1v) is 13.2. The molecule has 0 unspecified atom stereocenters. The Morgan fingerprint density at radius 2 is 1.97 bits per heavy atom. The quantitative estimate of drug-likeness (QED) is 0.690. The summed E-state index contributed by atoms with van der Waals surface area (Å²) in [5.74, 6) is 1.45. The summed E-state index contributed by atoms with van der Waals surface area (Å²) < 4.78 is 39.5. The van der Waals surface area contributed by atoms with Crippen LogP contribution >= 0.6 is 0 Å². The van der Waals surface area contributed by atoms with E-state index in [2.05, 4.69) is 49.6 Å². The Labute approximate surface area is 182 Å². The fraction of sp³-hybridized carbons (Fsp3) is 0.714. The summed E-state index contributed by atoms with van der Waals surface area (Å²) in [5, 5.41) is 0.118. The third-order valence-electron chi connectivity index (χ3n) is 7.17. The molecule has 6 nitrogen and oxygen atoms in total. The van der Waals surface area contributed by atoms with Crippen LogP contribution in [0.15, 0.2) is 24.3 Å². The van der Waals surface area contributed by atoms with Gasteiger partial charge in [0.2, 0.25) is 10.0 Å². The first kappa shape index (κ1) is 22.2. The molecule has 1 aliphatic carbocycles. The van der Waals surface area contributed by atoms with Crippen LogP contribution < -0.4 is 9.46 Å². The van der Waals surface area contributed by atoms with E-state index in [0.717, 1.165) is 50.9 Å². The summed E-state index contributed by atoms with van der Waals surface area (Å²) in [4.78, 5) is 2.35. The van der Waals surface area contributed by atoms with E-state index in [1.807, 2.05) is 0 Å². The lowest BCUT2D eigenvalue weighted by Crippen LogP contribution is -2.58. The molecule has 1 saturated carbocycles. The van der Waals surface area contributed by atoms with E-state index in [4.69, 9.17) is 9.47 Å². The lowest BCUT2D eigenvalue weighted by atomic mass is 9.42. The topological polar surface area (TPSA) is 67.9 Å². The van der Waals surface area contributed by atoms with Crippen molar-refractivity contribution in [2.45, 2.75) is 61.4 Å². The smallest absolute Gasteiger partial charge is 0.209 e. The number of benzene rings is 1. The summed E-state index contributed by atoms with van der Waals surface area (Å²) in [5.41, 5.74) is 1.31. The molecule has 2 bridgehead atoms. The van der Waals surface area contributed by atoms with Crippen LogP contribution in [0.25, 0.3) is 0 Å². The molecule has 1 aromatic rings.